The topological polar surface area (TPSA) is 49.4 Å². The fourth-order valence-electron chi connectivity index (χ4n) is 3.74. The maximum absolute atomic E-state index is 12.6. The van der Waals surface area contributed by atoms with Crippen LogP contribution in [0.25, 0.3) is 0 Å². The Kier molecular flexibility index (Phi) is 2.59. The molecule has 2 amide bonds. The molecule has 1 aromatic rings. The smallest absolute Gasteiger partial charge is 0.244 e. The molecule has 2 atom stereocenters. The molecule has 20 heavy (non-hydrogen) atoms. The second kappa shape index (κ2) is 4.33. The Hall–Kier alpha value is -1.84. The number of benzene rings is 1. The van der Waals surface area contributed by atoms with Crippen LogP contribution in [0.3, 0.4) is 0 Å². The van der Waals surface area contributed by atoms with E-state index < -0.39 is 0 Å². The van der Waals surface area contributed by atoms with Crippen molar-refractivity contribution >= 4 is 17.5 Å². The Morgan fingerprint density at radius 3 is 2.65 bits per heavy atom. The van der Waals surface area contributed by atoms with Crippen molar-refractivity contribution in [3.05, 3.63) is 29.8 Å². The van der Waals surface area contributed by atoms with Crippen LogP contribution in [0.2, 0.25) is 0 Å². The van der Waals surface area contributed by atoms with E-state index in [2.05, 4.69) is 5.32 Å². The second-order valence-electron chi connectivity index (χ2n) is 6.32. The van der Waals surface area contributed by atoms with Gasteiger partial charge in [0.15, 0.2) is 0 Å². The van der Waals surface area contributed by atoms with Gasteiger partial charge in [-0.3, -0.25) is 9.59 Å². The third-order valence-electron chi connectivity index (χ3n) is 4.89. The van der Waals surface area contributed by atoms with Gasteiger partial charge in [-0.05, 0) is 42.7 Å². The van der Waals surface area contributed by atoms with E-state index in [1.165, 1.54) is 6.42 Å². The van der Waals surface area contributed by atoms with Crippen molar-refractivity contribution in [1.29, 1.82) is 0 Å². The van der Waals surface area contributed by atoms with Crippen LogP contribution >= 0.6 is 0 Å². The van der Waals surface area contributed by atoms with E-state index in [-0.39, 0.29) is 24.3 Å². The zero-order valence-corrected chi connectivity index (χ0v) is 11.3. The summed E-state index contributed by atoms with van der Waals surface area (Å²) in [6.07, 6.45) is 3.37. The molecule has 1 heterocycles. The summed E-state index contributed by atoms with van der Waals surface area (Å²) in [5.74, 6) is 1.81. The lowest BCUT2D eigenvalue weighted by Crippen LogP contribution is -2.38. The molecule has 1 aromatic carbocycles. The average molecular weight is 270 g/mol. The van der Waals surface area contributed by atoms with Gasteiger partial charge >= 0.3 is 0 Å². The normalized spacial score (nSPS) is 31.1. The largest absolute Gasteiger partial charge is 0.329 e. The summed E-state index contributed by atoms with van der Waals surface area (Å²) in [6.45, 7) is 0.721. The zero-order valence-electron chi connectivity index (χ0n) is 11.3. The average Bonchev–Trinajstić information content (AvgIpc) is 3.10. The predicted molar refractivity (Wildman–Crippen MR) is 74.8 cm³/mol. The summed E-state index contributed by atoms with van der Waals surface area (Å²) in [7, 11) is 0. The molecule has 0 spiro atoms. The minimum atomic E-state index is -0.0912. The molecule has 1 N–H and O–H groups in total. The lowest BCUT2D eigenvalue weighted by molar-refractivity contribution is -0.138. The highest BCUT2D eigenvalue weighted by Crippen LogP contribution is 2.54. The van der Waals surface area contributed by atoms with Crippen LogP contribution in [0.4, 0.5) is 5.69 Å². The fourth-order valence-corrected chi connectivity index (χ4v) is 3.74. The van der Waals surface area contributed by atoms with Crippen LogP contribution in [0.5, 0.6) is 0 Å². The fraction of sp³-hybridized carbons (Fsp3) is 0.500. The second-order valence-corrected chi connectivity index (χ2v) is 6.32. The van der Waals surface area contributed by atoms with E-state index in [1.807, 2.05) is 24.3 Å². The number of anilines is 1. The number of hydrogen-bond donors (Lipinski definition) is 1. The highest BCUT2D eigenvalue weighted by atomic mass is 16.2. The zero-order chi connectivity index (χ0) is 13.7. The highest BCUT2D eigenvalue weighted by Gasteiger charge is 2.49. The van der Waals surface area contributed by atoms with E-state index >= 15 is 0 Å². The Bertz CT molecular complexity index is 574. The van der Waals surface area contributed by atoms with Gasteiger partial charge in [0, 0.05) is 18.2 Å². The molecule has 2 saturated carbocycles. The molecule has 1 aliphatic heterocycles. The molecule has 104 valence electrons. The van der Waals surface area contributed by atoms with Crippen molar-refractivity contribution in [2.75, 3.05) is 11.9 Å². The number of carbonyl (C=O) groups is 2. The number of carbonyl (C=O) groups excluding carboxylic acids is 2. The summed E-state index contributed by atoms with van der Waals surface area (Å²) >= 11 is 0. The maximum atomic E-state index is 12.6. The molecular weight excluding hydrogens is 252 g/mol. The molecule has 4 nitrogen and oxygen atoms in total. The first-order chi connectivity index (χ1) is 9.70. The van der Waals surface area contributed by atoms with Gasteiger partial charge in [-0.15, -0.1) is 0 Å². The number of amides is 2. The standard InChI is InChI=1S/C16H18N2O2/c19-15-9-18(8-10-3-1-2-4-14(10)17-15)16(20)13-6-11-5-12(11)7-13/h1-4,11-13H,5-9H2,(H,17,19). The van der Waals surface area contributed by atoms with Gasteiger partial charge in [0.05, 0.1) is 0 Å². The van der Waals surface area contributed by atoms with E-state index in [0.717, 1.165) is 35.9 Å². The molecule has 2 fully saturated rings. The minimum absolute atomic E-state index is 0.0912. The van der Waals surface area contributed by atoms with Gasteiger partial charge in [0.1, 0.15) is 6.54 Å². The third-order valence-corrected chi connectivity index (χ3v) is 4.89. The van der Waals surface area contributed by atoms with Crippen molar-refractivity contribution in [2.45, 2.75) is 25.8 Å². The first-order valence-corrected chi connectivity index (χ1v) is 7.37. The summed E-state index contributed by atoms with van der Waals surface area (Å²) in [4.78, 5) is 26.3. The number of fused-ring (bicyclic) bond motifs is 2. The van der Waals surface area contributed by atoms with E-state index in [1.54, 1.807) is 4.90 Å². The molecule has 2 aliphatic carbocycles. The van der Waals surface area contributed by atoms with Gasteiger partial charge in [0.25, 0.3) is 0 Å². The van der Waals surface area contributed by atoms with Gasteiger partial charge in [-0.25, -0.2) is 0 Å². The Balaban J connectivity index is 1.56. The Labute approximate surface area is 118 Å². The SMILES string of the molecule is O=C1CN(C(=O)C2CC3CC3C2)Cc2ccccc2N1. The summed E-state index contributed by atoms with van der Waals surface area (Å²) in [5.41, 5.74) is 1.86. The number of rotatable bonds is 1. The molecule has 0 bridgehead atoms. The van der Waals surface area contributed by atoms with Crippen molar-refractivity contribution in [3.63, 3.8) is 0 Å². The number of nitrogens with zero attached hydrogens (tertiary/aromatic N) is 1. The quantitative estimate of drug-likeness (QED) is 0.848. The first kappa shape index (κ1) is 11.9. The van der Waals surface area contributed by atoms with Crippen molar-refractivity contribution in [1.82, 2.24) is 4.90 Å². The van der Waals surface area contributed by atoms with Crippen LogP contribution in [0.1, 0.15) is 24.8 Å². The van der Waals surface area contributed by atoms with E-state index in [4.69, 9.17) is 0 Å². The molecule has 0 saturated heterocycles. The number of hydrogen-bond acceptors (Lipinski definition) is 2. The maximum Gasteiger partial charge on any atom is 0.244 e. The van der Waals surface area contributed by atoms with Crippen molar-refractivity contribution in [2.24, 2.45) is 17.8 Å². The monoisotopic (exact) mass is 270 g/mol. The molecule has 2 unspecified atom stereocenters. The van der Waals surface area contributed by atoms with Crippen LogP contribution in [0.15, 0.2) is 24.3 Å². The van der Waals surface area contributed by atoms with Crippen LogP contribution in [0, 0.1) is 17.8 Å². The lowest BCUT2D eigenvalue weighted by atomic mass is 10.0. The number of para-hydroxylation sites is 1. The minimum Gasteiger partial charge on any atom is -0.329 e. The van der Waals surface area contributed by atoms with E-state index in [9.17, 15) is 9.59 Å². The van der Waals surface area contributed by atoms with E-state index in [0.29, 0.717) is 6.54 Å². The molecule has 4 heteroatoms. The first-order valence-electron chi connectivity index (χ1n) is 7.37. The summed E-state index contributed by atoms with van der Waals surface area (Å²) in [6, 6.07) is 7.73. The van der Waals surface area contributed by atoms with Crippen molar-refractivity contribution < 1.29 is 9.59 Å². The van der Waals surface area contributed by atoms with Gasteiger partial charge in [-0.2, -0.15) is 0 Å². The Morgan fingerprint density at radius 2 is 1.85 bits per heavy atom. The van der Waals surface area contributed by atoms with Gasteiger partial charge in [0.2, 0.25) is 11.8 Å². The summed E-state index contributed by atoms with van der Waals surface area (Å²) < 4.78 is 0. The predicted octanol–water partition coefficient (Wildman–Crippen LogP) is 2.01. The van der Waals surface area contributed by atoms with Gasteiger partial charge < -0.3 is 10.2 Å². The molecular formula is C16H18N2O2. The van der Waals surface area contributed by atoms with Gasteiger partial charge in [-0.1, -0.05) is 18.2 Å². The van der Waals surface area contributed by atoms with Crippen LogP contribution in [-0.2, 0) is 16.1 Å². The number of nitrogens with one attached hydrogen (secondary N) is 1. The van der Waals surface area contributed by atoms with Crippen molar-refractivity contribution in [3.8, 4) is 0 Å². The molecule has 4 rings (SSSR count). The highest BCUT2D eigenvalue weighted by molar-refractivity contribution is 5.96. The third kappa shape index (κ3) is 1.99. The van der Waals surface area contributed by atoms with Crippen LogP contribution < -0.4 is 5.32 Å². The molecule has 3 aliphatic rings. The molecule has 0 aromatic heterocycles. The Morgan fingerprint density at radius 1 is 1.10 bits per heavy atom. The lowest BCUT2D eigenvalue weighted by Gasteiger charge is -2.23. The molecule has 0 radical (unpaired) electrons. The summed E-state index contributed by atoms with van der Waals surface area (Å²) in [5, 5.41) is 2.88. The van der Waals surface area contributed by atoms with Crippen LogP contribution in [-0.4, -0.2) is 23.3 Å².